The van der Waals surface area contributed by atoms with Crippen LogP contribution in [0.25, 0.3) is 55.3 Å². The molecule has 0 aromatic heterocycles. The van der Waals surface area contributed by atoms with Crippen LogP contribution >= 0.6 is 0 Å². The lowest BCUT2D eigenvalue weighted by molar-refractivity contribution is 0.660. The van der Waals surface area contributed by atoms with Gasteiger partial charge >= 0.3 is 0 Å². The number of hydrogen-bond donors (Lipinski definition) is 0. The van der Waals surface area contributed by atoms with Crippen LogP contribution in [-0.2, 0) is 10.8 Å². The van der Waals surface area contributed by atoms with Gasteiger partial charge in [-0.3, -0.25) is 0 Å². The van der Waals surface area contributed by atoms with Crippen LogP contribution in [0.15, 0.2) is 206 Å². The van der Waals surface area contributed by atoms with E-state index in [0.29, 0.717) is 0 Å². The Hall–Kier alpha value is -7.51. The van der Waals surface area contributed by atoms with E-state index in [0.717, 1.165) is 0 Å². The molecule has 14 rings (SSSR count). The zero-order valence-electron chi connectivity index (χ0n) is 42.5. The van der Waals surface area contributed by atoms with Crippen molar-refractivity contribution < 1.29 is 0 Å². The summed E-state index contributed by atoms with van der Waals surface area (Å²) >= 11 is 0. The molecule has 10 aromatic rings. The molecule has 10 aromatic carbocycles. The normalized spacial score (nSPS) is 15.9. The molecule has 2 heterocycles. The van der Waals surface area contributed by atoms with E-state index in [9.17, 15) is 0 Å². The Kier molecular flexibility index (Phi) is 9.03. The minimum Gasteiger partial charge on any atom is -0.310 e. The first-order chi connectivity index (χ1) is 34.8. The molecule has 0 unspecified atom stereocenters. The van der Waals surface area contributed by atoms with E-state index in [4.69, 9.17) is 0 Å². The van der Waals surface area contributed by atoms with Gasteiger partial charge in [-0.05, 0) is 171 Å². The molecular weight excluding hydrogens is 901 g/mol. The van der Waals surface area contributed by atoms with Gasteiger partial charge in [0.1, 0.15) is 16.1 Å². The van der Waals surface area contributed by atoms with E-state index >= 15 is 0 Å². The number of fused-ring (bicyclic) bond motifs is 16. The molecule has 0 saturated heterocycles. The van der Waals surface area contributed by atoms with Gasteiger partial charge in [-0.1, -0.05) is 187 Å². The van der Waals surface area contributed by atoms with Crippen molar-refractivity contribution >= 4 is 81.8 Å². The molecular formula is C68H58N2Si2. The number of anilines is 6. The van der Waals surface area contributed by atoms with Crippen LogP contribution in [-0.4, -0.2) is 16.1 Å². The van der Waals surface area contributed by atoms with Crippen LogP contribution in [0.4, 0.5) is 34.1 Å². The van der Waals surface area contributed by atoms with Crippen molar-refractivity contribution in [2.45, 2.75) is 64.7 Å². The Balaban J connectivity index is 0.916. The quantitative estimate of drug-likeness (QED) is 0.153. The predicted octanol–water partition coefficient (Wildman–Crippen LogP) is 16.0. The molecule has 0 fully saturated rings. The average molecular weight is 959 g/mol. The van der Waals surface area contributed by atoms with E-state index in [2.05, 4.69) is 270 Å². The van der Waals surface area contributed by atoms with Crippen LogP contribution in [0.3, 0.4) is 0 Å². The molecule has 0 saturated carbocycles. The highest BCUT2D eigenvalue weighted by Gasteiger charge is 2.49. The maximum absolute atomic E-state index is 2.64. The van der Waals surface area contributed by atoms with Crippen molar-refractivity contribution in [1.82, 2.24) is 0 Å². The van der Waals surface area contributed by atoms with Gasteiger partial charge in [0.2, 0.25) is 0 Å². The first kappa shape index (κ1) is 43.3. The molecule has 2 aliphatic heterocycles. The molecule has 0 amide bonds. The Morgan fingerprint density at radius 2 is 0.611 bits per heavy atom. The highest BCUT2D eigenvalue weighted by Crippen LogP contribution is 2.53. The molecule has 348 valence electrons. The average Bonchev–Trinajstić information content (AvgIpc) is 3.97. The van der Waals surface area contributed by atoms with Crippen LogP contribution < -0.4 is 30.5 Å². The number of hydrogen-bond acceptors (Lipinski definition) is 2. The number of nitrogens with zero attached hydrogens (tertiary/aromatic N) is 2. The van der Waals surface area contributed by atoms with E-state index in [-0.39, 0.29) is 10.8 Å². The second-order valence-electron chi connectivity index (χ2n) is 22.9. The smallest absolute Gasteiger partial charge is 0.113 e. The molecule has 0 atom stereocenters. The molecule has 4 heteroatoms. The number of para-hydroxylation sites is 2. The first-order valence-electron chi connectivity index (χ1n) is 25.8. The van der Waals surface area contributed by atoms with Crippen molar-refractivity contribution in [1.29, 1.82) is 0 Å². The fraction of sp³-hybridized carbons (Fsp3) is 0.147. The number of benzene rings is 10. The van der Waals surface area contributed by atoms with Crippen molar-refractivity contribution in [3.8, 4) is 44.5 Å². The Labute approximate surface area is 426 Å². The van der Waals surface area contributed by atoms with Crippen LogP contribution in [0.1, 0.15) is 49.9 Å². The standard InChI is InChI=1S/C68H58N2Si2/c1-67(2)57-29-19-17-25-49(57)51-35-31-45(39-59(51)67)69(43-21-11-9-12-22-43)47-33-37-55-61(41-47)71(5,6)65-63(55)53-27-15-16-28-54(53)64-56-38-34-48(42-62(56)72(7,8)66(64)65)70(44-23-13-10-14-24-44)46-32-36-52-50-26-18-20-30-58(50)68(3,4)60(52)40-46/h9-42H,1-8H3. The Morgan fingerprint density at radius 1 is 0.292 bits per heavy atom. The molecule has 2 nitrogen and oxygen atoms in total. The summed E-state index contributed by atoms with van der Waals surface area (Å²) < 4.78 is 0. The van der Waals surface area contributed by atoms with Gasteiger partial charge in [0.25, 0.3) is 0 Å². The molecule has 0 radical (unpaired) electrons. The minimum absolute atomic E-state index is 0.0961. The highest BCUT2D eigenvalue weighted by molar-refractivity contribution is 7.13. The third-order valence-corrected chi connectivity index (χ3v) is 24.8. The topological polar surface area (TPSA) is 6.48 Å². The largest absolute Gasteiger partial charge is 0.310 e. The van der Waals surface area contributed by atoms with Crippen molar-refractivity contribution in [3.63, 3.8) is 0 Å². The monoisotopic (exact) mass is 958 g/mol. The molecule has 72 heavy (non-hydrogen) atoms. The van der Waals surface area contributed by atoms with E-state index < -0.39 is 16.1 Å². The summed E-state index contributed by atoms with van der Waals surface area (Å²) in [5, 5.41) is 9.13. The summed E-state index contributed by atoms with van der Waals surface area (Å²) in [6.07, 6.45) is 0. The molecule has 0 N–H and O–H groups in total. The lowest BCUT2D eigenvalue weighted by atomic mass is 9.82. The van der Waals surface area contributed by atoms with Gasteiger partial charge in [0.05, 0.1) is 0 Å². The molecule has 2 aliphatic carbocycles. The van der Waals surface area contributed by atoms with Crippen molar-refractivity contribution in [2.24, 2.45) is 0 Å². The number of rotatable bonds is 6. The third kappa shape index (κ3) is 5.82. The second-order valence-corrected chi connectivity index (χ2v) is 31.5. The summed E-state index contributed by atoms with van der Waals surface area (Å²) in [5.41, 5.74) is 23.7. The van der Waals surface area contributed by atoms with Gasteiger partial charge in [0.15, 0.2) is 0 Å². The summed E-state index contributed by atoms with van der Waals surface area (Å²) in [4.78, 5) is 5.01. The van der Waals surface area contributed by atoms with Crippen molar-refractivity contribution in [2.75, 3.05) is 9.80 Å². The Bertz CT molecular complexity index is 3680. The van der Waals surface area contributed by atoms with Gasteiger partial charge in [-0.15, -0.1) is 0 Å². The van der Waals surface area contributed by atoms with Gasteiger partial charge in [-0.2, -0.15) is 0 Å². The Morgan fingerprint density at radius 3 is 1.01 bits per heavy atom. The van der Waals surface area contributed by atoms with Gasteiger partial charge < -0.3 is 9.80 Å². The maximum atomic E-state index is 2.64. The van der Waals surface area contributed by atoms with Gasteiger partial charge in [0, 0.05) is 45.0 Å². The van der Waals surface area contributed by atoms with E-state index in [1.807, 2.05) is 0 Å². The fourth-order valence-electron chi connectivity index (χ4n) is 14.0. The summed E-state index contributed by atoms with van der Waals surface area (Å²) in [6.45, 7) is 20.1. The first-order valence-corrected chi connectivity index (χ1v) is 31.8. The summed E-state index contributed by atoms with van der Waals surface area (Å²) in [7, 11) is -4.68. The van der Waals surface area contributed by atoms with Crippen LogP contribution in [0.5, 0.6) is 0 Å². The lowest BCUT2D eigenvalue weighted by Gasteiger charge is -2.31. The SMILES string of the molecule is CC1(C)c2ccccc2-c2ccc(N(c3ccccc3)c3ccc4c(c3)[Si](C)(C)c3c5c(c6ccccc6c3-4)-c3ccc(N(c4ccccc4)c4ccc6c(c4)C(C)(C)c4ccccc4-6)cc3[Si]5(C)C)cc21. The summed E-state index contributed by atoms with van der Waals surface area (Å²) in [5.74, 6) is 0. The van der Waals surface area contributed by atoms with E-state index in [1.54, 1.807) is 10.4 Å². The zero-order valence-corrected chi connectivity index (χ0v) is 44.5. The van der Waals surface area contributed by atoms with Crippen LogP contribution in [0.2, 0.25) is 26.2 Å². The van der Waals surface area contributed by atoms with Gasteiger partial charge in [-0.25, -0.2) is 0 Å². The second kappa shape index (κ2) is 15.0. The molecule has 0 bridgehead atoms. The summed E-state index contributed by atoms with van der Waals surface area (Å²) in [6, 6.07) is 78.6. The van der Waals surface area contributed by atoms with Crippen molar-refractivity contribution in [3.05, 3.63) is 229 Å². The van der Waals surface area contributed by atoms with Crippen LogP contribution in [0, 0.1) is 0 Å². The third-order valence-electron chi connectivity index (χ3n) is 17.6. The zero-order chi connectivity index (χ0) is 49.1. The minimum atomic E-state index is -2.34. The molecule has 0 spiro atoms. The predicted molar refractivity (Wildman–Crippen MR) is 313 cm³/mol. The highest BCUT2D eigenvalue weighted by atomic mass is 28.3. The lowest BCUT2D eigenvalue weighted by Crippen LogP contribution is -2.63. The molecule has 4 aliphatic rings. The maximum Gasteiger partial charge on any atom is 0.113 e. The van der Waals surface area contributed by atoms with E-state index in [1.165, 1.54) is 122 Å². The fourth-order valence-corrected chi connectivity index (χ4v) is 22.5.